The smallest absolute Gasteiger partial charge is 0.330 e. The normalized spacial score (nSPS) is 12.2. The maximum atomic E-state index is 10.5. The van der Waals surface area contributed by atoms with Crippen molar-refractivity contribution < 1.29 is 19.4 Å². The molecule has 0 bridgehead atoms. The number of esters is 1. The molecule has 0 spiro atoms. The van der Waals surface area contributed by atoms with Crippen LogP contribution < -0.4 is 0 Å². The highest BCUT2D eigenvalue weighted by Gasteiger charge is 2.00. The average Bonchev–Trinajstić information content (AvgIpc) is 2.11. The molecule has 0 aliphatic heterocycles. The lowest BCUT2D eigenvalue weighted by atomic mass is 10.5. The van der Waals surface area contributed by atoms with Crippen molar-refractivity contribution in [3.8, 4) is 0 Å². The molecule has 0 amide bonds. The zero-order valence-electron chi connectivity index (χ0n) is 7.16. The van der Waals surface area contributed by atoms with E-state index in [2.05, 4.69) is 11.3 Å². The van der Waals surface area contributed by atoms with Crippen molar-refractivity contribution in [2.75, 3.05) is 13.2 Å². The minimum atomic E-state index is -0.771. The molecule has 0 aromatic rings. The molecule has 4 nitrogen and oxygen atoms in total. The van der Waals surface area contributed by atoms with Crippen LogP contribution in [-0.2, 0) is 14.3 Å². The highest BCUT2D eigenvalue weighted by Crippen LogP contribution is 1.91. The van der Waals surface area contributed by atoms with Crippen molar-refractivity contribution in [1.82, 2.24) is 0 Å². The first-order chi connectivity index (χ1) is 5.70. The van der Waals surface area contributed by atoms with Crippen LogP contribution in [0.2, 0.25) is 0 Å². The number of ether oxygens (including phenoxy) is 2. The number of carbonyl (C=O) groups excluding carboxylic acids is 1. The van der Waals surface area contributed by atoms with E-state index < -0.39 is 12.3 Å². The lowest BCUT2D eigenvalue weighted by Crippen LogP contribution is -2.15. The Labute approximate surface area is 71.8 Å². The fourth-order valence-corrected chi connectivity index (χ4v) is 0.503. The van der Waals surface area contributed by atoms with E-state index >= 15 is 0 Å². The van der Waals surface area contributed by atoms with E-state index in [0.29, 0.717) is 6.42 Å². The van der Waals surface area contributed by atoms with Crippen LogP contribution in [0, 0.1) is 0 Å². The number of rotatable bonds is 6. The third-order valence-corrected chi connectivity index (χ3v) is 1.15. The molecule has 0 aliphatic carbocycles. The lowest BCUT2D eigenvalue weighted by Gasteiger charge is -2.08. The van der Waals surface area contributed by atoms with Crippen LogP contribution in [0.25, 0.3) is 0 Å². The van der Waals surface area contributed by atoms with Crippen LogP contribution >= 0.6 is 0 Å². The summed E-state index contributed by atoms with van der Waals surface area (Å²) >= 11 is 0. The molecule has 0 heterocycles. The van der Waals surface area contributed by atoms with E-state index in [9.17, 15) is 4.79 Å². The molecule has 4 heteroatoms. The van der Waals surface area contributed by atoms with Gasteiger partial charge in [-0.1, -0.05) is 13.5 Å². The molecule has 1 unspecified atom stereocenters. The predicted molar refractivity (Wildman–Crippen MR) is 43.4 cm³/mol. The standard InChI is InChI=1S/C8H14O4/c1-3-7(9)11-5-6-12-8(10)4-2/h3,8,10H,1,4-6H2,2H3. The molecule has 1 atom stereocenters. The molecule has 0 saturated heterocycles. The second-order valence-corrected chi connectivity index (χ2v) is 2.11. The van der Waals surface area contributed by atoms with Crippen molar-refractivity contribution >= 4 is 5.97 Å². The summed E-state index contributed by atoms with van der Waals surface area (Å²) in [5.74, 6) is -0.482. The largest absolute Gasteiger partial charge is 0.460 e. The van der Waals surface area contributed by atoms with E-state index in [4.69, 9.17) is 9.84 Å². The Morgan fingerprint density at radius 3 is 2.83 bits per heavy atom. The molecule has 0 rings (SSSR count). The molecule has 0 saturated carbocycles. The molecular weight excluding hydrogens is 160 g/mol. The van der Waals surface area contributed by atoms with Crippen LogP contribution in [0.1, 0.15) is 13.3 Å². The zero-order chi connectivity index (χ0) is 9.40. The van der Waals surface area contributed by atoms with Gasteiger partial charge in [-0.2, -0.15) is 0 Å². The number of aliphatic hydroxyl groups excluding tert-OH is 1. The summed E-state index contributed by atoms with van der Waals surface area (Å²) in [6.07, 6.45) is 0.832. The van der Waals surface area contributed by atoms with Crippen LogP contribution in [-0.4, -0.2) is 30.6 Å². The molecule has 0 aromatic carbocycles. The summed E-state index contributed by atoms with van der Waals surface area (Å²) in [4.78, 5) is 10.5. The minimum Gasteiger partial charge on any atom is -0.460 e. The Morgan fingerprint density at radius 1 is 1.67 bits per heavy atom. The monoisotopic (exact) mass is 174 g/mol. The third-order valence-electron chi connectivity index (χ3n) is 1.15. The maximum absolute atomic E-state index is 10.5. The van der Waals surface area contributed by atoms with Crippen molar-refractivity contribution in [3.05, 3.63) is 12.7 Å². The summed E-state index contributed by atoms with van der Waals surface area (Å²) in [5, 5.41) is 8.90. The molecular formula is C8H14O4. The lowest BCUT2D eigenvalue weighted by molar-refractivity contribution is -0.146. The predicted octanol–water partition coefficient (Wildman–Crippen LogP) is 0.461. The van der Waals surface area contributed by atoms with Gasteiger partial charge in [0.2, 0.25) is 0 Å². The van der Waals surface area contributed by atoms with Gasteiger partial charge in [0.25, 0.3) is 0 Å². The summed E-state index contributed by atoms with van der Waals surface area (Å²) in [7, 11) is 0. The summed E-state index contributed by atoms with van der Waals surface area (Å²) in [5.41, 5.74) is 0. The number of carbonyl (C=O) groups is 1. The van der Waals surface area contributed by atoms with E-state index in [0.717, 1.165) is 6.08 Å². The van der Waals surface area contributed by atoms with Gasteiger partial charge in [-0.15, -0.1) is 0 Å². The fraction of sp³-hybridized carbons (Fsp3) is 0.625. The van der Waals surface area contributed by atoms with Crippen molar-refractivity contribution in [1.29, 1.82) is 0 Å². The van der Waals surface area contributed by atoms with E-state index in [1.807, 2.05) is 0 Å². The maximum Gasteiger partial charge on any atom is 0.330 e. The third kappa shape index (κ3) is 5.88. The molecule has 1 N–H and O–H groups in total. The minimum absolute atomic E-state index is 0.141. The Kier molecular flexibility index (Phi) is 6.32. The first kappa shape index (κ1) is 11.1. The summed E-state index contributed by atoms with van der Waals surface area (Å²) in [6.45, 7) is 5.36. The molecule has 0 aliphatic rings. The Balaban J connectivity index is 3.21. The van der Waals surface area contributed by atoms with Gasteiger partial charge in [-0.05, 0) is 6.42 Å². The van der Waals surface area contributed by atoms with Gasteiger partial charge in [0.1, 0.15) is 6.61 Å². The first-order valence-electron chi connectivity index (χ1n) is 3.79. The van der Waals surface area contributed by atoms with Gasteiger partial charge >= 0.3 is 5.97 Å². The van der Waals surface area contributed by atoms with Crippen LogP contribution in [0.15, 0.2) is 12.7 Å². The molecule has 12 heavy (non-hydrogen) atoms. The highest BCUT2D eigenvalue weighted by molar-refractivity contribution is 5.81. The topological polar surface area (TPSA) is 55.8 Å². The highest BCUT2D eigenvalue weighted by atomic mass is 16.6. The molecule has 0 radical (unpaired) electrons. The van der Waals surface area contributed by atoms with Gasteiger partial charge in [-0.25, -0.2) is 4.79 Å². The number of hydrogen-bond acceptors (Lipinski definition) is 4. The average molecular weight is 174 g/mol. The summed E-state index contributed by atoms with van der Waals surface area (Å²) in [6, 6.07) is 0. The van der Waals surface area contributed by atoms with Gasteiger partial charge in [0, 0.05) is 6.08 Å². The van der Waals surface area contributed by atoms with Crippen LogP contribution in [0.3, 0.4) is 0 Å². The van der Waals surface area contributed by atoms with Gasteiger partial charge < -0.3 is 14.6 Å². The van der Waals surface area contributed by atoms with Crippen molar-refractivity contribution in [3.63, 3.8) is 0 Å². The van der Waals surface area contributed by atoms with Crippen LogP contribution in [0.4, 0.5) is 0 Å². The number of hydrogen-bond donors (Lipinski definition) is 1. The van der Waals surface area contributed by atoms with Gasteiger partial charge in [-0.3, -0.25) is 0 Å². The quantitative estimate of drug-likeness (QED) is 0.275. The number of aliphatic hydroxyl groups is 1. The first-order valence-corrected chi connectivity index (χ1v) is 3.79. The Morgan fingerprint density at radius 2 is 2.33 bits per heavy atom. The Bertz CT molecular complexity index is 144. The second-order valence-electron chi connectivity index (χ2n) is 2.11. The fourth-order valence-electron chi connectivity index (χ4n) is 0.503. The second kappa shape index (κ2) is 6.82. The van der Waals surface area contributed by atoms with Crippen LogP contribution in [0.5, 0.6) is 0 Å². The molecule has 0 aromatic heterocycles. The van der Waals surface area contributed by atoms with Crippen molar-refractivity contribution in [2.24, 2.45) is 0 Å². The van der Waals surface area contributed by atoms with Crippen molar-refractivity contribution in [2.45, 2.75) is 19.6 Å². The SMILES string of the molecule is C=CC(=O)OCCOC(O)CC. The summed E-state index contributed by atoms with van der Waals surface area (Å²) < 4.78 is 9.42. The zero-order valence-corrected chi connectivity index (χ0v) is 7.16. The van der Waals surface area contributed by atoms with E-state index in [1.165, 1.54) is 0 Å². The van der Waals surface area contributed by atoms with Gasteiger partial charge in [0.05, 0.1) is 6.61 Å². The van der Waals surface area contributed by atoms with E-state index in [-0.39, 0.29) is 13.2 Å². The molecule has 70 valence electrons. The van der Waals surface area contributed by atoms with Gasteiger partial charge in [0.15, 0.2) is 6.29 Å². The van der Waals surface area contributed by atoms with E-state index in [1.54, 1.807) is 6.92 Å². The molecule has 0 fully saturated rings. The Hall–Kier alpha value is -0.870.